The van der Waals surface area contributed by atoms with Crippen molar-refractivity contribution < 1.29 is 9.53 Å². The van der Waals surface area contributed by atoms with E-state index in [1.54, 1.807) is 4.90 Å². The molecule has 0 bridgehead atoms. The Hall–Kier alpha value is -2.60. The fourth-order valence-corrected chi connectivity index (χ4v) is 4.64. The number of hydrogen-bond acceptors (Lipinski definition) is 3. The number of benzene rings is 1. The summed E-state index contributed by atoms with van der Waals surface area (Å²) in [7, 11) is 1.82. The molecule has 3 heterocycles. The zero-order valence-electron chi connectivity index (χ0n) is 17.3. The molecule has 0 unspecified atom stereocenters. The number of aromatic amines is 2. The smallest absolute Gasteiger partial charge is 0.255 e. The molecule has 1 amide bonds. The number of fused-ring (bicyclic) bond motifs is 2. The molecule has 1 saturated heterocycles. The third kappa shape index (κ3) is 3.25. The van der Waals surface area contributed by atoms with Crippen molar-refractivity contribution in [2.45, 2.75) is 52.1 Å². The minimum atomic E-state index is -0.310. The Balaban J connectivity index is 1.45. The maximum atomic E-state index is 12.7. The molecule has 0 spiro atoms. The SMILES string of the molecule is CN(C(=O)[C@@H]1CCCO1)c1ccc2cc(-c3n[nH]c4c3CCC(C)(C)C4)[nH]c2c1. The first-order valence-corrected chi connectivity index (χ1v) is 10.5. The molecule has 2 aliphatic rings. The van der Waals surface area contributed by atoms with Gasteiger partial charge in [0.1, 0.15) is 11.8 Å². The highest BCUT2D eigenvalue weighted by atomic mass is 16.5. The quantitative estimate of drug-likeness (QED) is 0.701. The minimum Gasteiger partial charge on any atom is -0.368 e. The normalized spacial score (nSPS) is 20.7. The van der Waals surface area contributed by atoms with Gasteiger partial charge in [0.25, 0.3) is 5.91 Å². The molecule has 6 heteroatoms. The molecule has 1 aromatic carbocycles. The van der Waals surface area contributed by atoms with E-state index >= 15 is 0 Å². The third-order valence-electron chi connectivity index (χ3n) is 6.44. The molecular formula is C23H28N4O2. The maximum absolute atomic E-state index is 12.7. The van der Waals surface area contributed by atoms with Crippen LogP contribution < -0.4 is 4.90 Å². The molecule has 152 valence electrons. The van der Waals surface area contributed by atoms with Crippen molar-refractivity contribution in [3.8, 4) is 11.4 Å². The van der Waals surface area contributed by atoms with Crippen LogP contribution in [-0.4, -0.2) is 40.8 Å². The fraction of sp³-hybridized carbons (Fsp3) is 0.478. The van der Waals surface area contributed by atoms with E-state index in [2.05, 4.69) is 41.2 Å². The van der Waals surface area contributed by atoms with Gasteiger partial charge in [-0.15, -0.1) is 0 Å². The predicted octanol–water partition coefficient (Wildman–Crippen LogP) is 4.21. The highest BCUT2D eigenvalue weighted by Gasteiger charge is 2.30. The van der Waals surface area contributed by atoms with Crippen LogP contribution >= 0.6 is 0 Å². The molecule has 0 radical (unpaired) electrons. The molecule has 0 saturated carbocycles. The first kappa shape index (κ1) is 18.4. The summed E-state index contributed by atoms with van der Waals surface area (Å²) in [6.07, 6.45) is 4.71. The molecule has 29 heavy (non-hydrogen) atoms. The molecular weight excluding hydrogens is 364 g/mol. The van der Waals surface area contributed by atoms with Crippen molar-refractivity contribution in [1.82, 2.24) is 15.2 Å². The van der Waals surface area contributed by atoms with Gasteiger partial charge in [-0.05, 0) is 55.7 Å². The molecule has 1 aliphatic heterocycles. The molecule has 1 aliphatic carbocycles. The monoisotopic (exact) mass is 392 g/mol. The van der Waals surface area contributed by atoms with Crippen molar-refractivity contribution in [2.75, 3.05) is 18.6 Å². The van der Waals surface area contributed by atoms with E-state index in [-0.39, 0.29) is 12.0 Å². The Labute approximate surface area is 170 Å². The summed E-state index contributed by atoms with van der Waals surface area (Å²) in [6.45, 7) is 5.30. The van der Waals surface area contributed by atoms with E-state index in [1.807, 2.05) is 19.2 Å². The van der Waals surface area contributed by atoms with Crippen LogP contribution in [0.3, 0.4) is 0 Å². The number of H-pyrrole nitrogens is 2. The van der Waals surface area contributed by atoms with Gasteiger partial charge in [0, 0.05) is 41.5 Å². The average Bonchev–Trinajstić information content (AvgIpc) is 3.43. The van der Waals surface area contributed by atoms with Gasteiger partial charge in [-0.1, -0.05) is 19.9 Å². The Morgan fingerprint density at radius 2 is 2.17 bits per heavy atom. The Morgan fingerprint density at radius 1 is 1.31 bits per heavy atom. The molecule has 1 fully saturated rings. The number of anilines is 1. The highest BCUT2D eigenvalue weighted by molar-refractivity contribution is 5.98. The van der Waals surface area contributed by atoms with Crippen LogP contribution in [0.4, 0.5) is 5.69 Å². The van der Waals surface area contributed by atoms with Crippen LogP contribution in [0.2, 0.25) is 0 Å². The van der Waals surface area contributed by atoms with E-state index < -0.39 is 0 Å². The van der Waals surface area contributed by atoms with Crippen LogP contribution in [0.1, 0.15) is 44.4 Å². The van der Waals surface area contributed by atoms with Crippen LogP contribution in [0.5, 0.6) is 0 Å². The van der Waals surface area contributed by atoms with E-state index in [1.165, 1.54) is 17.7 Å². The molecule has 6 nitrogen and oxygen atoms in total. The number of carbonyl (C=O) groups is 1. The Bertz CT molecular complexity index is 1070. The minimum absolute atomic E-state index is 0.0256. The number of nitrogens with zero attached hydrogens (tertiary/aromatic N) is 2. The van der Waals surface area contributed by atoms with Gasteiger partial charge >= 0.3 is 0 Å². The zero-order chi connectivity index (χ0) is 20.2. The van der Waals surface area contributed by atoms with Gasteiger partial charge in [-0.25, -0.2) is 0 Å². The molecule has 1 atom stereocenters. The summed E-state index contributed by atoms with van der Waals surface area (Å²) in [4.78, 5) is 17.9. The van der Waals surface area contributed by atoms with Crippen LogP contribution in [-0.2, 0) is 22.4 Å². The summed E-state index contributed by atoms with van der Waals surface area (Å²) in [5.74, 6) is 0.0256. The van der Waals surface area contributed by atoms with Gasteiger partial charge in [0.15, 0.2) is 0 Å². The van der Waals surface area contributed by atoms with Gasteiger partial charge in [-0.3, -0.25) is 9.89 Å². The lowest BCUT2D eigenvalue weighted by Crippen LogP contribution is -2.35. The molecule has 5 rings (SSSR count). The third-order valence-corrected chi connectivity index (χ3v) is 6.44. The van der Waals surface area contributed by atoms with E-state index in [9.17, 15) is 4.79 Å². The number of aromatic nitrogens is 3. The number of amides is 1. The number of rotatable bonds is 3. The molecule has 2 N–H and O–H groups in total. The van der Waals surface area contributed by atoms with E-state index in [0.717, 1.165) is 53.7 Å². The largest absolute Gasteiger partial charge is 0.368 e. The van der Waals surface area contributed by atoms with Gasteiger partial charge in [0.05, 0.1) is 5.69 Å². The van der Waals surface area contributed by atoms with Crippen LogP contribution in [0, 0.1) is 5.41 Å². The van der Waals surface area contributed by atoms with Gasteiger partial charge < -0.3 is 14.6 Å². The van der Waals surface area contributed by atoms with Crippen molar-refractivity contribution in [3.05, 3.63) is 35.5 Å². The first-order chi connectivity index (χ1) is 13.9. The number of likely N-dealkylation sites (N-methyl/N-ethyl adjacent to an activating group) is 1. The summed E-state index contributed by atoms with van der Waals surface area (Å²) >= 11 is 0. The van der Waals surface area contributed by atoms with Crippen molar-refractivity contribution in [3.63, 3.8) is 0 Å². The lowest BCUT2D eigenvalue weighted by Gasteiger charge is -2.28. The summed E-state index contributed by atoms with van der Waals surface area (Å²) in [5, 5.41) is 9.01. The summed E-state index contributed by atoms with van der Waals surface area (Å²) in [5.41, 5.74) is 6.86. The number of carbonyl (C=O) groups excluding carboxylic acids is 1. The summed E-state index contributed by atoms with van der Waals surface area (Å²) in [6, 6.07) is 8.24. The van der Waals surface area contributed by atoms with Crippen molar-refractivity contribution in [2.24, 2.45) is 5.41 Å². The standard InChI is InChI=1S/C23H28N4O2/c1-23(2)9-8-16-19(13-23)25-26-21(16)18-11-14-6-7-15(12-17(14)24-18)27(3)22(28)20-5-4-10-29-20/h6-7,11-12,20,24H,4-5,8-10,13H2,1-3H3,(H,25,26)/t20-/m0/s1. The second-order valence-corrected chi connectivity index (χ2v) is 9.22. The van der Waals surface area contributed by atoms with Crippen molar-refractivity contribution in [1.29, 1.82) is 0 Å². The molecule has 3 aromatic rings. The fourth-order valence-electron chi connectivity index (χ4n) is 4.64. The average molecular weight is 393 g/mol. The summed E-state index contributed by atoms with van der Waals surface area (Å²) < 4.78 is 5.55. The number of nitrogens with one attached hydrogen (secondary N) is 2. The predicted molar refractivity (Wildman–Crippen MR) is 114 cm³/mol. The lowest BCUT2D eigenvalue weighted by molar-refractivity contribution is -0.127. The number of ether oxygens (including phenoxy) is 1. The van der Waals surface area contributed by atoms with Crippen LogP contribution in [0.25, 0.3) is 22.3 Å². The van der Waals surface area contributed by atoms with Gasteiger partial charge in [0.2, 0.25) is 0 Å². The second kappa shape index (κ2) is 6.73. The highest BCUT2D eigenvalue weighted by Crippen LogP contribution is 2.38. The number of hydrogen-bond donors (Lipinski definition) is 2. The zero-order valence-corrected chi connectivity index (χ0v) is 17.3. The van der Waals surface area contributed by atoms with Gasteiger partial charge in [-0.2, -0.15) is 5.10 Å². The molecule has 2 aromatic heterocycles. The topological polar surface area (TPSA) is 74.0 Å². The van der Waals surface area contributed by atoms with Crippen molar-refractivity contribution >= 4 is 22.5 Å². The lowest BCUT2D eigenvalue weighted by atomic mass is 9.76. The first-order valence-electron chi connectivity index (χ1n) is 10.5. The van der Waals surface area contributed by atoms with E-state index in [0.29, 0.717) is 12.0 Å². The second-order valence-electron chi connectivity index (χ2n) is 9.22. The van der Waals surface area contributed by atoms with E-state index in [4.69, 9.17) is 4.74 Å². The van der Waals surface area contributed by atoms with Crippen LogP contribution in [0.15, 0.2) is 24.3 Å². The maximum Gasteiger partial charge on any atom is 0.255 e. The Kier molecular flexibility index (Phi) is 4.28. The Morgan fingerprint density at radius 3 is 2.97 bits per heavy atom.